The molecule has 7 heteroatoms. The molecule has 0 heterocycles. The largest absolute Gasteiger partial charge is 0.419 e. The van der Waals surface area contributed by atoms with E-state index in [4.69, 9.17) is 23.2 Å². The van der Waals surface area contributed by atoms with E-state index in [9.17, 15) is 22.7 Å². The van der Waals surface area contributed by atoms with Gasteiger partial charge in [0.05, 0.1) is 5.56 Å². The Labute approximate surface area is 127 Å². The number of alkyl halides is 3. The predicted octanol–water partition coefficient (Wildman–Crippen LogP) is 5.23. The van der Waals surface area contributed by atoms with E-state index in [-0.39, 0.29) is 21.2 Å². The lowest BCUT2D eigenvalue weighted by molar-refractivity contribution is -0.140. The van der Waals surface area contributed by atoms with Gasteiger partial charge >= 0.3 is 6.18 Å². The monoisotopic (exact) mass is 338 g/mol. The number of aliphatic hydroxyl groups is 1. The van der Waals surface area contributed by atoms with Gasteiger partial charge in [0.2, 0.25) is 0 Å². The lowest BCUT2D eigenvalue weighted by Gasteiger charge is -2.16. The second kappa shape index (κ2) is 5.83. The summed E-state index contributed by atoms with van der Waals surface area (Å²) < 4.78 is 51.0. The van der Waals surface area contributed by atoms with E-state index in [0.717, 1.165) is 6.07 Å². The van der Waals surface area contributed by atoms with E-state index >= 15 is 0 Å². The van der Waals surface area contributed by atoms with Gasteiger partial charge in [-0.05, 0) is 29.8 Å². The lowest BCUT2D eigenvalue weighted by atomic mass is 9.99. The van der Waals surface area contributed by atoms with E-state index in [1.165, 1.54) is 12.1 Å². The molecule has 0 aliphatic carbocycles. The summed E-state index contributed by atoms with van der Waals surface area (Å²) in [6.45, 7) is 0. The van der Waals surface area contributed by atoms with Crippen molar-refractivity contribution in [3.63, 3.8) is 0 Å². The first kappa shape index (κ1) is 16.1. The molecule has 2 aromatic carbocycles. The van der Waals surface area contributed by atoms with Gasteiger partial charge in [-0.15, -0.1) is 0 Å². The van der Waals surface area contributed by atoms with Crippen molar-refractivity contribution in [2.45, 2.75) is 12.3 Å². The maximum atomic E-state index is 13.5. The van der Waals surface area contributed by atoms with Gasteiger partial charge in [0.1, 0.15) is 11.9 Å². The van der Waals surface area contributed by atoms with Crippen LogP contribution in [0.1, 0.15) is 22.8 Å². The minimum atomic E-state index is -4.80. The summed E-state index contributed by atoms with van der Waals surface area (Å²) in [4.78, 5) is 0. The SMILES string of the molecule is OC(c1ccc(C(F)(F)F)c(F)c1)c1c(Cl)cccc1Cl. The van der Waals surface area contributed by atoms with Crippen LogP contribution in [0.4, 0.5) is 17.6 Å². The van der Waals surface area contributed by atoms with Crippen LogP contribution in [0.15, 0.2) is 36.4 Å². The molecule has 2 aromatic rings. The molecule has 0 radical (unpaired) electrons. The van der Waals surface area contributed by atoms with Crippen LogP contribution in [0, 0.1) is 5.82 Å². The summed E-state index contributed by atoms with van der Waals surface area (Å²) in [6, 6.07) is 6.65. The van der Waals surface area contributed by atoms with Crippen molar-refractivity contribution < 1.29 is 22.7 Å². The molecule has 0 bridgehead atoms. The zero-order chi connectivity index (χ0) is 15.8. The Morgan fingerprint density at radius 2 is 1.57 bits per heavy atom. The normalized spacial score (nSPS) is 13.3. The average molecular weight is 339 g/mol. The maximum Gasteiger partial charge on any atom is 0.419 e. The Morgan fingerprint density at radius 1 is 1.00 bits per heavy atom. The zero-order valence-electron chi connectivity index (χ0n) is 10.3. The highest BCUT2D eigenvalue weighted by Crippen LogP contribution is 2.36. The smallest absolute Gasteiger partial charge is 0.384 e. The van der Waals surface area contributed by atoms with Gasteiger partial charge in [0.15, 0.2) is 0 Å². The van der Waals surface area contributed by atoms with E-state index < -0.39 is 23.7 Å². The van der Waals surface area contributed by atoms with Crippen LogP contribution in [-0.4, -0.2) is 5.11 Å². The third-order valence-corrected chi connectivity index (χ3v) is 3.55. The van der Waals surface area contributed by atoms with Crippen molar-refractivity contribution in [1.29, 1.82) is 0 Å². The summed E-state index contributed by atoms with van der Waals surface area (Å²) in [5.74, 6) is -1.47. The molecular weight excluding hydrogens is 331 g/mol. The van der Waals surface area contributed by atoms with Crippen LogP contribution in [-0.2, 0) is 6.18 Å². The summed E-state index contributed by atoms with van der Waals surface area (Å²) in [5, 5.41) is 10.4. The van der Waals surface area contributed by atoms with E-state index in [1.54, 1.807) is 6.07 Å². The van der Waals surface area contributed by atoms with E-state index in [1.807, 2.05) is 0 Å². The molecular formula is C14H8Cl2F4O. The van der Waals surface area contributed by atoms with Gasteiger partial charge < -0.3 is 5.11 Å². The number of rotatable bonds is 2. The highest BCUT2D eigenvalue weighted by Gasteiger charge is 2.34. The Hall–Kier alpha value is -1.30. The predicted molar refractivity (Wildman–Crippen MR) is 71.9 cm³/mol. The van der Waals surface area contributed by atoms with Crippen molar-refractivity contribution in [1.82, 2.24) is 0 Å². The quantitative estimate of drug-likeness (QED) is 0.743. The number of hydrogen-bond acceptors (Lipinski definition) is 1. The van der Waals surface area contributed by atoms with Crippen molar-refractivity contribution >= 4 is 23.2 Å². The molecule has 0 fully saturated rings. The number of halogens is 6. The van der Waals surface area contributed by atoms with Crippen LogP contribution >= 0.6 is 23.2 Å². The van der Waals surface area contributed by atoms with Gasteiger partial charge in [-0.3, -0.25) is 0 Å². The molecule has 21 heavy (non-hydrogen) atoms. The molecule has 1 nitrogen and oxygen atoms in total. The molecule has 0 saturated carbocycles. The van der Waals surface area contributed by atoms with Gasteiger partial charge in [-0.25, -0.2) is 4.39 Å². The standard InChI is InChI=1S/C14H8Cl2F4O/c15-9-2-1-3-10(16)12(9)13(21)7-4-5-8(11(17)6-7)14(18,19)20/h1-6,13,21H. The van der Waals surface area contributed by atoms with Gasteiger partial charge in [-0.1, -0.05) is 35.3 Å². The van der Waals surface area contributed by atoms with E-state index in [2.05, 4.69) is 0 Å². The van der Waals surface area contributed by atoms with Crippen LogP contribution in [0.5, 0.6) is 0 Å². The summed E-state index contributed by atoms with van der Waals surface area (Å²) >= 11 is 11.8. The highest BCUT2D eigenvalue weighted by molar-refractivity contribution is 6.36. The summed E-state index contributed by atoms with van der Waals surface area (Å²) in [6.07, 6.45) is -6.22. The molecule has 0 spiro atoms. The number of aliphatic hydroxyl groups excluding tert-OH is 1. The first-order valence-corrected chi connectivity index (χ1v) is 6.46. The highest BCUT2D eigenvalue weighted by atomic mass is 35.5. The zero-order valence-corrected chi connectivity index (χ0v) is 11.8. The second-order valence-electron chi connectivity index (χ2n) is 4.27. The fraction of sp³-hybridized carbons (Fsp3) is 0.143. The molecule has 112 valence electrons. The molecule has 0 aliphatic heterocycles. The molecule has 2 rings (SSSR count). The van der Waals surface area contributed by atoms with Crippen LogP contribution in [0.25, 0.3) is 0 Å². The average Bonchev–Trinajstić information content (AvgIpc) is 2.36. The van der Waals surface area contributed by atoms with Gasteiger partial charge in [0.25, 0.3) is 0 Å². The maximum absolute atomic E-state index is 13.5. The van der Waals surface area contributed by atoms with E-state index in [0.29, 0.717) is 12.1 Å². The topological polar surface area (TPSA) is 20.2 Å². The third kappa shape index (κ3) is 3.31. The minimum Gasteiger partial charge on any atom is -0.384 e. The van der Waals surface area contributed by atoms with Gasteiger partial charge in [-0.2, -0.15) is 13.2 Å². The Balaban J connectivity index is 2.46. The summed E-state index contributed by atoms with van der Waals surface area (Å²) in [5.41, 5.74) is -1.36. The van der Waals surface area contributed by atoms with Crippen molar-refractivity contribution in [2.75, 3.05) is 0 Å². The Morgan fingerprint density at radius 3 is 2.05 bits per heavy atom. The molecule has 0 amide bonds. The summed E-state index contributed by atoms with van der Waals surface area (Å²) in [7, 11) is 0. The molecule has 0 aromatic heterocycles. The molecule has 0 aliphatic rings. The Bertz CT molecular complexity index is 650. The molecule has 0 saturated heterocycles. The van der Waals surface area contributed by atoms with Crippen LogP contribution < -0.4 is 0 Å². The number of hydrogen-bond donors (Lipinski definition) is 1. The van der Waals surface area contributed by atoms with Crippen molar-refractivity contribution in [2.24, 2.45) is 0 Å². The first-order chi connectivity index (χ1) is 9.71. The van der Waals surface area contributed by atoms with Crippen LogP contribution in [0.3, 0.4) is 0 Å². The molecule has 1 atom stereocenters. The molecule has 1 N–H and O–H groups in total. The Kier molecular flexibility index (Phi) is 4.46. The first-order valence-electron chi connectivity index (χ1n) is 5.70. The fourth-order valence-electron chi connectivity index (χ4n) is 1.87. The fourth-order valence-corrected chi connectivity index (χ4v) is 2.47. The number of benzene rings is 2. The van der Waals surface area contributed by atoms with Crippen molar-refractivity contribution in [3.05, 3.63) is 69.0 Å². The minimum absolute atomic E-state index is 0.0736. The third-order valence-electron chi connectivity index (χ3n) is 2.89. The molecule has 1 unspecified atom stereocenters. The van der Waals surface area contributed by atoms with Crippen molar-refractivity contribution in [3.8, 4) is 0 Å². The van der Waals surface area contributed by atoms with Crippen LogP contribution in [0.2, 0.25) is 10.0 Å². The second-order valence-corrected chi connectivity index (χ2v) is 5.09. The van der Waals surface area contributed by atoms with Gasteiger partial charge in [0, 0.05) is 15.6 Å². The lowest BCUT2D eigenvalue weighted by Crippen LogP contribution is -2.10.